The number of unbranched alkanes of at least 4 members (excludes halogenated alkanes) is 1. The van der Waals surface area contributed by atoms with Gasteiger partial charge in [0, 0.05) is 19.8 Å². The summed E-state index contributed by atoms with van der Waals surface area (Å²) >= 11 is 0. The fraction of sp³-hybridized carbons (Fsp3) is 0.636. The number of aryl methyl sites for hydroxylation is 1. The number of carbonyl (C=O) groups is 3. The van der Waals surface area contributed by atoms with Crippen molar-refractivity contribution in [3.05, 3.63) is 24.3 Å². The van der Waals surface area contributed by atoms with Crippen LogP contribution in [0.15, 0.2) is 18.6 Å². The SMILES string of the molecule is CCOC(=O)/C(=C\CCCN(C(=O)OC(C)(C)C)C(=O)OC(C)(C)C)c1cn(C)cn1. The summed E-state index contributed by atoms with van der Waals surface area (Å²) in [5.74, 6) is -0.475. The van der Waals surface area contributed by atoms with Crippen molar-refractivity contribution in [1.29, 1.82) is 0 Å². The lowest BCUT2D eigenvalue weighted by atomic mass is 10.1. The maximum absolute atomic E-state index is 12.5. The molecule has 0 fully saturated rings. The number of imidazole rings is 1. The first-order chi connectivity index (χ1) is 14.2. The van der Waals surface area contributed by atoms with Crippen LogP contribution in [0.1, 0.15) is 67.0 Å². The maximum Gasteiger partial charge on any atom is 0.419 e. The number of aromatic nitrogens is 2. The van der Waals surface area contributed by atoms with Crippen molar-refractivity contribution in [3.8, 4) is 0 Å². The van der Waals surface area contributed by atoms with Crippen molar-refractivity contribution in [2.24, 2.45) is 7.05 Å². The summed E-state index contributed by atoms with van der Waals surface area (Å²) in [5, 5.41) is 0. The van der Waals surface area contributed by atoms with Gasteiger partial charge in [0.25, 0.3) is 0 Å². The van der Waals surface area contributed by atoms with Crippen molar-refractivity contribution in [1.82, 2.24) is 14.5 Å². The highest BCUT2D eigenvalue weighted by atomic mass is 16.6. The third-order valence-corrected chi connectivity index (χ3v) is 3.64. The molecule has 0 radical (unpaired) electrons. The molecule has 1 heterocycles. The fourth-order valence-corrected chi connectivity index (χ4v) is 2.44. The molecule has 31 heavy (non-hydrogen) atoms. The van der Waals surface area contributed by atoms with Crippen LogP contribution in [0.25, 0.3) is 5.57 Å². The van der Waals surface area contributed by atoms with E-state index in [-0.39, 0.29) is 13.2 Å². The van der Waals surface area contributed by atoms with Crippen LogP contribution in [-0.2, 0) is 26.1 Å². The Labute approximate surface area is 184 Å². The van der Waals surface area contributed by atoms with E-state index in [9.17, 15) is 14.4 Å². The Hall–Kier alpha value is -2.84. The molecule has 0 saturated heterocycles. The van der Waals surface area contributed by atoms with Gasteiger partial charge in [-0.15, -0.1) is 0 Å². The molecule has 0 aliphatic heterocycles. The van der Waals surface area contributed by atoms with Gasteiger partial charge in [0.05, 0.1) is 24.2 Å². The number of carbonyl (C=O) groups excluding carboxylic acids is 3. The molecular weight excluding hydrogens is 402 g/mol. The van der Waals surface area contributed by atoms with Crippen LogP contribution in [0.2, 0.25) is 0 Å². The molecule has 1 aromatic rings. The van der Waals surface area contributed by atoms with Gasteiger partial charge in [-0.2, -0.15) is 0 Å². The third kappa shape index (κ3) is 9.67. The Morgan fingerprint density at radius 3 is 2.03 bits per heavy atom. The Morgan fingerprint density at radius 1 is 1.06 bits per heavy atom. The highest BCUT2D eigenvalue weighted by Crippen LogP contribution is 2.18. The van der Waals surface area contributed by atoms with Gasteiger partial charge in [0.2, 0.25) is 0 Å². The van der Waals surface area contributed by atoms with E-state index >= 15 is 0 Å². The minimum absolute atomic E-state index is 0.0681. The van der Waals surface area contributed by atoms with Crippen molar-refractivity contribution < 1.29 is 28.6 Å². The zero-order valence-corrected chi connectivity index (χ0v) is 19.9. The second-order valence-electron chi connectivity index (χ2n) is 9.02. The van der Waals surface area contributed by atoms with Crippen LogP contribution in [-0.4, -0.2) is 57.0 Å². The number of esters is 1. The van der Waals surface area contributed by atoms with Gasteiger partial charge in [-0.05, 0) is 61.3 Å². The summed E-state index contributed by atoms with van der Waals surface area (Å²) in [7, 11) is 1.80. The molecule has 1 aromatic heterocycles. The first-order valence-corrected chi connectivity index (χ1v) is 10.3. The lowest BCUT2D eigenvalue weighted by molar-refractivity contribution is -0.136. The molecule has 1 rings (SSSR count). The quantitative estimate of drug-likeness (QED) is 0.271. The van der Waals surface area contributed by atoms with Gasteiger partial charge in [0.15, 0.2) is 0 Å². The summed E-state index contributed by atoms with van der Waals surface area (Å²) in [6.45, 7) is 12.4. The molecule has 9 nitrogen and oxygen atoms in total. The number of amides is 2. The van der Waals surface area contributed by atoms with Gasteiger partial charge >= 0.3 is 18.2 Å². The van der Waals surface area contributed by atoms with Crippen LogP contribution in [0.3, 0.4) is 0 Å². The zero-order valence-electron chi connectivity index (χ0n) is 19.9. The maximum atomic E-state index is 12.5. The third-order valence-electron chi connectivity index (χ3n) is 3.64. The van der Waals surface area contributed by atoms with Gasteiger partial charge in [-0.25, -0.2) is 24.3 Å². The molecule has 0 aliphatic rings. The van der Waals surface area contributed by atoms with Gasteiger partial charge in [-0.1, -0.05) is 6.08 Å². The van der Waals surface area contributed by atoms with Crippen LogP contribution in [0, 0.1) is 0 Å². The lowest BCUT2D eigenvalue weighted by Crippen LogP contribution is -2.44. The second-order valence-corrected chi connectivity index (χ2v) is 9.02. The average Bonchev–Trinajstić information content (AvgIpc) is 3.00. The predicted molar refractivity (Wildman–Crippen MR) is 116 cm³/mol. The van der Waals surface area contributed by atoms with Crippen molar-refractivity contribution in [2.45, 2.75) is 72.5 Å². The van der Waals surface area contributed by atoms with Gasteiger partial charge in [0.1, 0.15) is 11.2 Å². The number of imide groups is 1. The van der Waals surface area contributed by atoms with Gasteiger partial charge in [-0.3, -0.25) is 0 Å². The van der Waals surface area contributed by atoms with Crippen molar-refractivity contribution >= 4 is 23.7 Å². The summed E-state index contributed by atoms with van der Waals surface area (Å²) in [5.41, 5.74) is -0.679. The second kappa shape index (κ2) is 11.0. The number of hydrogen-bond acceptors (Lipinski definition) is 7. The predicted octanol–water partition coefficient (Wildman–Crippen LogP) is 4.32. The molecule has 9 heteroatoms. The highest BCUT2D eigenvalue weighted by molar-refractivity contribution is 6.15. The van der Waals surface area contributed by atoms with E-state index in [0.717, 1.165) is 4.90 Å². The summed E-state index contributed by atoms with van der Waals surface area (Å²) in [6.07, 6.45) is 4.26. The molecule has 0 aliphatic carbocycles. The largest absolute Gasteiger partial charge is 0.462 e. The monoisotopic (exact) mass is 437 g/mol. The fourth-order valence-electron chi connectivity index (χ4n) is 2.44. The van der Waals surface area contributed by atoms with Crippen molar-refractivity contribution in [3.63, 3.8) is 0 Å². The van der Waals surface area contributed by atoms with Gasteiger partial charge < -0.3 is 18.8 Å². The van der Waals surface area contributed by atoms with E-state index in [1.165, 1.54) is 0 Å². The lowest BCUT2D eigenvalue weighted by Gasteiger charge is -2.28. The molecule has 0 unspecified atom stereocenters. The van der Waals surface area contributed by atoms with Crippen LogP contribution in [0.4, 0.5) is 9.59 Å². The number of nitrogens with zero attached hydrogens (tertiary/aromatic N) is 3. The van der Waals surface area contributed by atoms with Crippen LogP contribution >= 0.6 is 0 Å². The summed E-state index contributed by atoms with van der Waals surface area (Å²) in [4.78, 5) is 42.5. The highest BCUT2D eigenvalue weighted by Gasteiger charge is 2.30. The van der Waals surface area contributed by atoms with Crippen LogP contribution in [0.5, 0.6) is 0 Å². The number of allylic oxidation sites excluding steroid dienone is 1. The van der Waals surface area contributed by atoms with Crippen molar-refractivity contribution in [2.75, 3.05) is 13.2 Å². The Kier molecular flexibility index (Phi) is 9.27. The average molecular weight is 438 g/mol. The number of hydrogen-bond donors (Lipinski definition) is 0. The van der Waals surface area contributed by atoms with E-state index in [1.54, 1.807) is 78.7 Å². The number of ether oxygens (including phenoxy) is 3. The molecular formula is C22H35N3O6. The number of rotatable bonds is 7. The standard InChI is InChI=1S/C22H35N3O6/c1-9-29-18(26)16(17-14-24(8)15-23-17)12-10-11-13-25(19(27)30-21(2,3)4)20(28)31-22(5,6)7/h12,14-15H,9-11,13H2,1-8H3/b16-12-. The zero-order chi connectivity index (χ0) is 23.8. The normalized spacial score (nSPS) is 12.3. The smallest absolute Gasteiger partial charge is 0.419 e. The Morgan fingerprint density at radius 2 is 1.61 bits per heavy atom. The molecule has 0 spiro atoms. The minimum atomic E-state index is -0.777. The Bertz CT molecular complexity index is 771. The van der Waals surface area contributed by atoms with E-state index in [0.29, 0.717) is 24.1 Å². The van der Waals surface area contributed by atoms with E-state index in [4.69, 9.17) is 14.2 Å². The van der Waals surface area contributed by atoms with E-state index in [1.807, 2.05) is 0 Å². The summed E-state index contributed by atoms with van der Waals surface area (Å²) in [6, 6.07) is 0. The Balaban J connectivity index is 2.93. The van der Waals surface area contributed by atoms with Crippen LogP contribution < -0.4 is 0 Å². The molecule has 0 saturated carbocycles. The topological polar surface area (TPSA) is 100.0 Å². The molecule has 2 amide bonds. The molecule has 0 atom stereocenters. The van der Waals surface area contributed by atoms with E-state index in [2.05, 4.69) is 4.98 Å². The van der Waals surface area contributed by atoms with E-state index < -0.39 is 29.4 Å². The molecule has 0 bridgehead atoms. The first kappa shape index (κ1) is 26.2. The minimum Gasteiger partial charge on any atom is -0.462 e. The first-order valence-electron chi connectivity index (χ1n) is 10.3. The molecule has 174 valence electrons. The summed E-state index contributed by atoms with van der Waals surface area (Å²) < 4.78 is 17.5. The molecule has 0 aromatic carbocycles. The molecule has 0 N–H and O–H groups in total.